The molecule has 0 unspecified atom stereocenters. The third-order valence-corrected chi connectivity index (χ3v) is 6.03. The van der Waals surface area contributed by atoms with E-state index in [9.17, 15) is 9.50 Å². The number of hydrogen-bond donors (Lipinski definition) is 1. The van der Waals surface area contributed by atoms with Gasteiger partial charge in [-0.3, -0.25) is 0 Å². The van der Waals surface area contributed by atoms with Crippen LogP contribution in [0.2, 0.25) is 0 Å². The SMILES string of the molecule is CC#Cc1ccc(-c2ccc(N(C)[C@@H]3C[C@H]4CC[C@H](C4)[C@@H]3F)nn2)c(O)c1. The number of nitrogens with zero attached hydrogens (tertiary/aromatic N) is 3. The van der Waals surface area contributed by atoms with E-state index in [2.05, 4.69) is 22.0 Å². The molecule has 1 N–H and O–H groups in total. The Hall–Kier alpha value is -2.61. The van der Waals surface area contributed by atoms with E-state index in [1.807, 2.05) is 30.1 Å². The lowest BCUT2D eigenvalue weighted by Gasteiger charge is -2.38. The zero-order chi connectivity index (χ0) is 19.0. The number of aromatic nitrogens is 2. The molecule has 4 atom stereocenters. The second-order valence-corrected chi connectivity index (χ2v) is 7.68. The predicted octanol–water partition coefficient (Wildman–Crippen LogP) is 4.18. The van der Waals surface area contributed by atoms with Gasteiger partial charge in [0.2, 0.25) is 0 Å². The van der Waals surface area contributed by atoms with Gasteiger partial charge in [-0.1, -0.05) is 5.92 Å². The van der Waals surface area contributed by atoms with Gasteiger partial charge >= 0.3 is 0 Å². The standard InChI is InChI=1S/C22H24FN3O/c1-3-4-14-6-8-17(20(27)13-14)18-9-10-21(25-24-18)26(2)19-12-15-5-7-16(11-15)22(19)23/h6,8-10,13,15-16,19,22,27H,5,7,11-12H2,1-2H3/t15-,16+,19+,22-/m0/s1. The van der Waals surface area contributed by atoms with Crippen LogP contribution in [-0.4, -0.2) is 34.6 Å². The van der Waals surface area contributed by atoms with Gasteiger partial charge in [0.05, 0.1) is 11.7 Å². The average molecular weight is 365 g/mol. The highest BCUT2D eigenvalue weighted by Crippen LogP contribution is 2.45. The fourth-order valence-electron chi connectivity index (χ4n) is 4.57. The Morgan fingerprint density at radius 3 is 2.70 bits per heavy atom. The van der Waals surface area contributed by atoms with Gasteiger partial charge in [0, 0.05) is 18.2 Å². The Labute approximate surface area is 159 Å². The topological polar surface area (TPSA) is 49.2 Å². The van der Waals surface area contributed by atoms with Crippen LogP contribution in [0.4, 0.5) is 10.2 Å². The number of benzene rings is 1. The molecule has 4 rings (SSSR count). The molecule has 0 saturated heterocycles. The van der Waals surface area contributed by atoms with Crippen LogP contribution in [0.5, 0.6) is 5.75 Å². The summed E-state index contributed by atoms with van der Waals surface area (Å²) in [5.74, 6) is 7.36. The summed E-state index contributed by atoms with van der Waals surface area (Å²) in [5.41, 5.74) is 1.95. The molecule has 2 bridgehead atoms. The van der Waals surface area contributed by atoms with Gasteiger partial charge in [0.15, 0.2) is 5.82 Å². The zero-order valence-electron chi connectivity index (χ0n) is 15.7. The lowest BCUT2D eigenvalue weighted by atomic mass is 9.83. The quantitative estimate of drug-likeness (QED) is 0.829. The van der Waals surface area contributed by atoms with E-state index in [1.54, 1.807) is 19.1 Å². The minimum absolute atomic E-state index is 0.123. The van der Waals surface area contributed by atoms with Crippen LogP contribution in [-0.2, 0) is 0 Å². The first-order valence-corrected chi connectivity index (χ1v) is 9.53. The van der Waals surface area contributed by atoms with Crippen molar-refractivity contribution < 1.29 is 9.50 Å². The summed E-state index contributed by atoms with van der Waals surface area (Å²) in [6, 6.07) is 8.81. The highest BCUT2D eigenvalue weighted by atomic mass is 19.1. The molecule has 1 aromatic carbocycles. The first-order chi connectivity index (χ1) is 13.1. The van der Waals surface area contributed by atoms with Crippen LogP contribution in [0.1, 0.15) is 38.2 Å². The summed E-state index contributed by atoms with van der Waals surface area (Å²) < 4.78 is 14.8. The van der Waals surface area contributed by atoms with E-state index in [-0.39, 0.29) is 17.7 Å². The number of aromatic hydroxyl groups is 1. The van der Waals surface area contributed by atoms with Crippen molar-refractivity contribution in [3.63, 3.8) is 0 Å². The number of halogens is 1. The lowest BCUT2D eigenvalue weighted by molar-refractivity contribution is 0.144. The Morgan fingerprint density at radius 1 is 1.15 bits per heavy atom. The van der Waals surface area contributed by atoms with Crippen molar-refractivity contribution in [2.24, 2.45) is 11.8 Å². The molecule has 27 heavy (non-hydrogen) atoms. The molecule has 2 aromatic rings. The van der Waals surface area contributed by atoms with Crippen LogP contribution < -0.4 is 4.90 Å². The molecular formula is C22H24FN3O. The molecule has 1 aromatic heterocycles. The Balaban J connectivity index is 1.54. The van der Waals surface area contributed by atoms with Gasteiger partial charge in [-0.15, -0.1) is 16.1 Å². The van der Waals surface area contributed by atoms with Crippen molar-refractivity contribution in [2.75, 3.05) is 11.9 Å². The molecule has 0 radical (unpaired) electrons. The molecule has 5 heteroatoms. The molecule has 2 fully saturated rings. The highest BCUT2D eigenvalue weighted by molar-refractivity contribution is 5.68. The number of anilines is 1. The van der Waals surface area contributed by atoms with Crippen LogP contribution in [0.25, 0.3) is 11.3 Å². The van der Waals surface area contributed by atoms with Crippen LogP contribution in [0, 0.1) is 23.7 Å². The van der Waals surface area contributed by atoms with E-state index < -0.39 is 6.17 Å². The Bertz CT molecular complexity index is 887. The summed E-state index contributed by atoms with van der Waals surface area (Å²) in [6.45, 7) is 1.76. The first-order valence-electron chi connectivity index (χ1n) is 9.53. The molecule has 2 aliphatic rings. The third kappa shape index (κ3) is 3.37. The largest absolute Gasteiger partial charge is 0.507 e. The molecule has 2 aliphatic carbocycles. The molecule has 1 heterocycles. The first kappa shape index (κ1) is 17.8. The Kier molecular flexibility index (Phi) is 4.73. The van der Waals surface area contributed by atoms with Crippen LogP contribution >= 0.6 is 0 Å². The lowest BCUT2D eigenvalue weighted by Crippen LogP contribution is -2.46. The van der Waals surface area contributed by atoms with Gasteiger partial charge in [-0.2, -0.15) is 0 Å². The summed E-state index contributed by atoms with van der Waals surface area (Å²) in [6.07, 6.45) is 3.29. The second kappa shape index (κ2) is 7.19. The van der Waals surface area contributed by atoms with Gasteiger partial charge in [0.1, 0.15) is 11.9 Å². The molecular weight excluding hydrogens is 341 g/mol. The number of fused-ring (bicyclic) bond motifs is 2. The van der Waals surface area contributed by atoms with Crippen molar-refractivity contribution in [1.82, 2.24) is 10.2 Å². The number of alkyl halides is 1. The fraction of sp³-hybridized carbons (Fsp3) is 0.455. The smallest absolute Gasteiger partial charge is 0.151 e. The average Bonchev–Trinajstić information content (AvgIpc) is 3.08. The molecule has 2 saturated carbocycles. The second-order valence-electron chi connectivity index (χ2n) is 7.68. The molecule has 0 aliphatic heterocycles. The van der Waals surface area contributed by atoms with Crippen molar-refractivity contribution in [3.05, 3.63) is 35.9 Å². The highest BCUT2D eigenvalue weighted by Gasteiger charge is 2.44. The maximum Gasteiger partial charge on any atom is 0.151 e. The maximum atomic E-state index is 14.8. The molecule has 140 valence electrons. The van der Waals surface area contributed by atoms with E-state index in [0.717, 1.165) is 31.2 Å². The molecule has 0 spiro atoms. The number of rotatable bonds is 3. The summed E-state index contributed by atoms with van der Waals surface area (Å²) in [4.78, 5) is 1.94. The van der Waals surface area contributed by atoms with Crippen LogP contribution in [0.3, 0.4) is 0 Å². The maximum absolute atomic E-state index is 14.8. The third-order valence-electron chi connectivity index (χ3n) is 6.03. The summed E-state index contributed by atoms with van der Waals surface area (Å²) in [7, 11) is 1.90. The van der Waals surface area contributed by atoms with E-state index in [4.69, 9.17) is 0 Å². The molecule has 0 amide bonds. The minimum atomic E-state index is -0.800. The summed E-state index contributed by atoms with van der Waals surface area (Å²) >= 11 is 0. The number of phenols is 1. The van der Waals surface area contributed by atoms with Gasteiger partial charge in [0.25, 0.3) is 0 Å². The minimum Gasteiger partial charge on any atom is -0.507 e. The van der Waals surface area contributed by atoms with Crippen molar-refractivity contribution in [1.29, 1.82) is 0 Å². The Morgan fingerprint density at radius 2 is 2.00 bits per heavy atom. The van der Waals surface area contributed by atoms with E-state index >= 15 is 0 Å². The van der Waals surface area contributed by atoms with Gasteiger partial charge in [-0.05, 0) is 74.8 Å². The van der Waals surface area contributed by atoms with Crippen molar-refractivity contribution in [3.8, 4) is 28.8 Å². The zero-order valence-corrected chi connectivity index (χ0v) is 15.7. The van der Waals surface area contributed by atoms with Crippen molar-refractivity contribution in [2.45, 2.75) is 44.8 Å². The predicted molar refractivity (Wildman–Crippen MR) is 104 cm³/mol. The van der Waals surface area contributed by atoms with E-state index in [1.165, 1.54) is 0 Å². The normalized spacial score (nSPS) is 26.3. The number of hydrogen-bond acceptors (Lipinski definition) is 4. The van der Waals surface area contributed by atoms with E-state index in [0.29, 0.717) is 23.0 Å². The van der Waals surface area contributed by atoms with Gasteiger partial charge < -0.3 is 10.0 Å². The van der Waals surface area contributed by atoms with Crippen molar-refractivity contribution >= 4 is 5.82 Å². The van der Waals surface area contributed by atoms with Crippen LogP contribution in [0.15, 0.2) is 30.3 Å². The monoisotopic (exact) mass is 365 g/mol. The molecule has 4 nitrogen and oxygen atoms in total. The van der Waals surface area contributed by atoms with Gasteiger partial charge in [-0.25, -0.2) is 4.39 Å². The number of phenolic OH excluding ortho intramolecular Hbond substituents is 1. The summed E-state index contributed by atoms with van der Waals surface area (Å²) in [5, 5.41) is 18.8. The fourth-order valence-corrected chi connectivity index (χ4v) is 4.57.